The molecule has 11 heteroatoms. The zero-order chi connectivity index (χ0) is 52.5. The molecule has 6 atom stereocenters. The third kappa shape index (κ3) is 31.7. The van der Waals surface area contributed by atoms with Gasteiger partial charge in [-0.1, -0.05) is 247 Å². The van der Waals surface area contributed by atoms with Crippen LogP contribution in [0.4, 0.5) is 0 Å². The van der Waals surface area contributed by atoms with Crippen molar-refractivity contribution in [1.29, 1.82) is 0 Å². The van der Waals surface area contributed by atoms with Gasteiger partial charge in [-0.15, -0.1) is 11.8 Å². The standard InChI is InChI=1S/C61H110O10S/c1-7-11-15-19-23-27-31-35-39-43-53(63)67-49-51-57(69-54(64)44-40-36-32-28-24-20-16-12-8-2)58(70-55(65)45-41-37-33-29-25-21-17-13-9-3)59(60(68-51)72-52-47-50(62)48-61(52,5)6)71-56(66)46-42-38-34-30-26-22-18-14-10-4/h51-52,57-60H,7-49H2,1-6H3/t51-,52-,57+,58+,59-,60+/m1/s1. The average molecular weight is 1040 g/mol. The van der Waals surface area contributed by atoms with E-state index >= 15 is 0 Å². The lowest BCUT2D eigenvalue weighted by atomic mass is 9.91. The number of rotatable bonds is 47. The summed E-state index contributed by atoms with van der Waals surface area (Å²) in [5.74, 6) is -1.54. The molecular formula is C61H110O10S. The van der Waals surface area contributed by atoms with Crippen molar-refractivity contribution < 1.29 is 47.7 Å². The lowest BCUT2D eigenvalue weighted by Gasteiger charge is -2.45. The second-order valence-corrected chi connectivity index (χ2v) is 23.7. The Kier molecular flexibility index (Phi) is 39.4. The third-order valence-electron chi connectivity index (χ3n) is 15.0. The quantitative estimate of drug-likeness (QED) is 0.0328. The van der Waals surface area contributed by atoms with Crippen molar-refractivity contribution in [3.63, 3.8) is 0 Å². The predicted octanol–water partition coefficient (Wildman–Crippen LogP) is 17.2. The van der Waals surface area contributed by atoms with Gasteiger partial charge in [-0.3, -0.25) is 24.0 Å². The van der Waals surface area contributed by atoms with E-state index in [9.17, 15) is 24.0 Å². The van der Waals surface area contributed by atoms with Crippen molar-refractivity contribution in [2.45, 2.75) is 346 Å². The summed E-state index contributed by atoms with van der Waals surface area (Å²) in [5.41, 5.74) is -1.25. The number of ether oxygens (including phenoxy) is 5. The van der Waals surface area contributed by atoms with Crippen LogP contribution in [0.3, 0.4) is 0 Å². The molecule has 0 radical (unpaired) electrons. The number of thioether (sulfide) groups is 1. The summed E-state index contributed by atoms with van der Waals surface area (Å²) < 4.78 is 32.0. The highest BCUT2D eigenvalue weighted by atomic mass is 32.2. The van der Waals surface area contributed by atoms with Crippen LogP contribution in [-0.4, -0.2) is 71.4 Å². The van der Waals surface area contributed by atoms with E-state index in [2.05, 4.69) is 41.5 Å². The molecule has 1 saturated heterocycles. The molecule has 72 heavy (non-hydrogen) atoms. The molecule has 420 valence electrons. The van der Waals surface area contributed by atoms with Gasteiger partial charge in [0.15, 0.2) is 18.3 Å². The zero-order valence-electron chi connectivity index (χ0n) is 47.4. The third-order valence-corrected chi connectivity index (χ3v) is 16.8. The number of Topliss-reactive ketones (excluding diaryl/α,β-unsaturated/α-hetero) is 1. The molecule has 0 aromatic carbocycles. The van der Waals surface area contributed by atoms with E-state index in [1.165, 1.54) is 140 Å². The summed E-state index contributed by atoms with van der Waals surface area (Å²) in [6.07, 6.45) is 36.9. The molecule has 1 aliphatic carbocycles. The largest absolute Gasteiger partial charge is 0.463 e. The fourth-order valence-corrected chi connectivity index (χ4v) is 11.9. The Hall–Kier alpha value is -2.14. The van der Waals surface area contributed by atoms with Gasteiger partial charge in [0.2, 0.25) is 0 Å². The topological polar surface area (TPSA) is 132 Å². The molecule has 0 N–H and O–H groups in total. The maximum absolute atomic E-state index is 14.0. The molecule has 0 spiro atoms. The molecule has 2 aliphatic rings. The molecule has 2 fully saturated rings. The molecule has 2 rings (SSSR count). The maximum Gasteiger partial charge on any atom is 0.306 e. The van der Waals surface area contributed by atoms with Crippen molar-refractivity contribution >= 4 is 41.4 Å². The summed E-state index contributed by atoms with van der Waals surface area (Å²) in [7, 11) is 0. The van der Waals surface area contributed by atoms with E-state index in [1.54, 1.807) is 0 Å². The minimum absolute atomic E-state index is 0.154. The van der Waals surface area contributed by atoms with Crippen LogP contribution in [0.15, 0.2) is 0 Å². The number of hydrogen-bond acceptors (Lipinski definition) is 11. The van der Waals surface area contributed by atoms with Crippen molar-refractivity contribution in [3.8, 4) is 0 Å². The monoisotopic (exact) mass is 1030 g/mol. The molecule has 0 aromatic rings. The molecule has 0 amide bonds. The van der Waals surface area contributed by atoms with Gasteiger partial charge in [-0.2, -0.15) is 0 Å². The molecule has 10 nitrogen and oxygen atoms in total. The zero-order valence-corrected chi connectivity index (χ0v) is 48.2. The van der Waals surface area contributed by atoms with Crippen molar-refractivity contribution in [3.05, 3.63) is 0 Å². The van der Waals surface area contributed by atoms with Gasteiger partial charge in [0.25, 0.3) is 0 Å². The number of carbonyl (C=O) groups is 5. The summed E-state index contributed by atoms with van der Waals surface area (Å²) >= 11 is 1.42. The minimum Gasteiger partial charge on any atom is -0.463 e. The number of carbonyl (C=O) groups excluding carboxylic acids is 5. The lowest BCUT2D eigenvalue weighted by molar-refractivity contribution is -0.239. The van der Waals surface area contributed by atoms with Crippen LogP contribution in [0, 0.1) is 5.41 Å². The van der Waals surface area contributed by atoms with Gasteiger partial charge < -0.3 is 23.7 Å². The van der Waals surface area contributed by atoms with Gasteiger partial charge >= 0.3 is 23.9 Å². The molecule has 1 aliphatic heterocycles. The van der Waals surface area contributed by atoms with Crippen LogP contribution in [-0.2, 0) is 47.7 Å². The van der Waals surface area contributed by atoms with E-state index in [0.29, 0.717) is 32.1 Å². The SMILES string of the molecule is CCCCCCCCCCCC(=O)OC[C@H]1O[C@@H](S[C@@H]2CC(=O)CC2(C)C)[C@H](OC(=O)CCCCCCCCCCC)[C@@H](OC(=O)CCCCCCCCCCC)[C@H]1OC(=O)CCCCCCCCCCC. The van der Waals surface area contributed by atoms with Gasteiger partial charge in [0, 0.05) is 43.8 Å². The Morgan fingerprint density at radius 2 is 0.750 bits per heavy atom. The van der Waals surface area contributed by atoms with Crippen LogP contribution >= 0.6 is 11.8 Å². The minimum atomic E-state index is -1.21. The Morgan fingerprint density at radius 1 is 0.444 bits per heavy atom. The normalized spacial score (nSPS) is 20.7. The summed E-state index contributed by atoms with van der Waals surface area (Å²) in [6.45, 7) is 12.8. The summed E-state index contributed by atoms with van der Waals surface area (Å²) in [4.78, 5) is 68.3. The lowest BCUT2D eigenvalue weighted by Crippen LogP contribution is -2.62. The van der Waals surface area contributed by atoms with E-state index in [-0.39, 0.29) is 54.7 Å². The van der Waals surface area contributed by atoms with Crippen molar-refractivity contribution in [1.82, 2.24) is 0 Å². The average Bonchev–Trinajstić information content (AvgIpc) is 3.61. The van der Waals surface area contributed by atoms with Gasteiger partial charge in [0.05, 0.1) is 0 Å². The highest BCUT2D eigenvalue weighted by Crippen LogP contribution is 2.47. The van der Waals surface area contributed by atoms with E-state index in [1.807, 2.05) is 0 Å². The van der Waals surface area contributed by atoms with Gasteiger partial charge in [-0.25, -0.2) is 0 Å². The van der Waals surface area contributed by atoms with Crippen LogP contribution in [0.2, 0.25) is 0 Å². The fourth-order valence-electron chi connectivity index (χ4n) is 10.3. The highest BCUT2D eigenvalue weighted by molar-refractivity contribution is 8.00. The predicted molar refractivity (Wildman–Crippen MR) is 296 cm³/mol. The van der Waals surface area contributed by atoms with Crippen LogP contribution in [0.5, 0.6) is 0 Å². The molecule has 1 saturated carbocycles. The van der Waals surface area contributed by atoms with E-state index in [4.69, 9.17) is 23.7 Å². The van der Waals surface area contributed by atoms with Gasteiger partial charge in [-0.05, 0) is 31.1 Å². The Morgan fingerprint density at radius 3 is 1.08 bits per heavy atom. The number of esters is 4. The van der Waals surface area contributed by atoms with Crippen LogP contribution in [0.1, 0.15) is 311 Å². The van der Waals surface area contributed by atoms with Crippen LogP contribution < -0.4 is 0 Å². The van der Waals surface area contributed by atoms with E-state index < -0.39 is 47.8 Å². The Labute approximate surface area is 445 Å². The van der Waals surface area contributed by atoms with Crippen LogP contribution in [0.25, 0.3) is 0 Å². The number of unbranched alkanes of at least 4 members (excludes halogenated alkanes) is 32. The summed E-state index contributed by atoms with van der Waals surface area (Å²) in [6, 6.07) is 0. The fraction of sp³-hybridized carbons (Fsp3) is 0.918. The second-order valence-electron chi connectivity index (χ2n) is 22.4. The molecule has 0 unspecified atom stereocenters. The second kappa shape index (κ2) is 43.0. The first-order valence-corrected chi connectivity index (χ1v) is 31.5. The van der Waals surface area contributed by atoms with Gasteiger partial charge in [0.1, 0.15) is 23.9 Å². The molecule has 0 aromatic heterocycles. The molecular weight excluding hydrogens is 925 g/mol. The maximum atomic E-state index is 14.0. The molecule has 0 bridgehead atoms. The Bertz CT molecular complexity index is 1400. The first kappa shape index (κ1) is 66.0. The van der Waals surface area contributed by atoms with E-state index in [0.717, 1.165) is 83.5 Å². The van der Waals surface area contributed by atoms with Crippen molar-refractivity contribution in [2.75, 3.05) is 6.61 Å². The molecule has 1 heterocycles. The number of hydrogen-bond donors (Lipinski definition) is 0. The smallest absolute Gasteiger partial charge is 0.306 e. The Balaban J connectivity index is 2.37. The highest BCUT2D eigenvalue weighted by Gasteiger charge is 2.55. The number of ketones is 1. The first-order chi connectivity index (χ1) is 34.9. The van der Waals surface area contributed by atoms with Crippen molar-refractivity contribution in [2.24, 2.45) is 5.41 Å². The first-order valence-electron chi connectivity index (χ1n) is 30.5. The summed E-state index contributed by atoms with van der Waals surface area (Å²) in [5, 5.41) is -0.174.